The van der Waals surface area contributed by atoms with Gasteiger partial charge in [-0.2, -0.15) is 5.26 Å². The summed E-state index contributed by atoms with van der Waals surface area (Å²) in [5.74, 6) is 4.37. The first-order chi connectivity index (χ1) is 32.2. The van der Waals surface area contributed by atoms with E-state index in [2.05, 4.69) is 127 Å². The third-order valence-electron chi connectivity index (χ3n) is 12.5. The zero-order valence-electron chi connectivity index (χ0n) is 34.9. The minimum absolute atomic E-state index is 0.548. The molecule has 0 radical (unpaired) electrons. The molecule has 65 heavy (non-hydrogen) atoms. The van der Waals surface area contributed by atoms with Gasteiger partial charge in [-0.25, -0.2) is 15.0 Å². The molecule has 0 saturated carbocycles. The van der Waals surface area contributed by atoms with E-state index < -0.39 is 5.41 Å². The molecule has 304 valence electrons. The fourth-order valence-electron chi connectivity index (χ4n) is 9.57. The molecular formula is C59H36N4O2. The third kappa shape index (κ3) is 6.29. The summed E-state index contributed by atoms with van der Waals surface area (Å²) in [7, 11) is 0. The number of benzene rings is 9. The Hall–Kier alpha value is -8.92. The van der Waals surface area contributed by atoms with Gasteiger partial charge in [0.15, 0.2) is 40.5 Å². The molecule has 1 aliphatic carbocycles. The standard InChI is InChI=1S/C59H36N4O2/c60-37-38-15-12-18-42(35-38)43-19-13-20-44(36-43)58-62-56(40-16-4-1-5-17-40)61-57(63-58)41-31-29-39(30-32-41)47-26-14-28-51-54(47)64-52-34-33-50-53(55(52)65-51)48-25-10-11-27-49(48)59(50,45-21-6-2-7-22-45)46-23-8-3-9-24-46/h1-36H. The van der Waals surface area contributed by atoms with Gasteiger partial charge < -0.3 is 9.47 Å². The maximum Gasteiger partial charge on any atom is 0.178 e. The molecule has 0 spiro atoms. The predicted molar refractivity (Wildman–Crippen MR) is 256 cm³/mol. The van der Waals surface area contributed by atoms with Crippen molar-refractivity contribution in [2.45, 2.75) is 5.41 Å². The first kappa shape index (κ1) is 37.8. The van der Waals surface area contributed by atoms with Crippen molar-refractivity contribution in [1.29, 1.82) is 5.26 Å². The molecule has 0 saturated heterocycles. The molecule has 12 rings (SSSR count). The summed E-state index contributed by atoms with van der Waals surface area (Å²) in [6.07, 6.45) is 0. The van der Waals surface area contributed by atoms with Crippen LogP contribution in [0.5, 0.6) is 23.0 Å². The topological polar surface area (TPSA) is 80.9 Å². The Balaban J connectivity index is 0.917. The van der Waals surface area contributed by atoms with Crippen molar-refractivity contribution in [3.8, 4) is 96.6 Å². The normalized spacial score (nSPS) is 12.7. The number of nitriles is 1. The molecule has 2 heterocycles. The van der Waals surface area contributed by atoms with Crippen LogP contribution in [-0.4, -0.2) is 15.0 Å². The molecule has 1 aromatic heterocycles. The number of hydrogen-bond donors (Lipinski definition) is 0. The second-order valence-electron chi connectivity index (χ2n) is 16.2. The molecule has 6 nitrogen and oxygen atoms in total. The number of ether oxygens (including phenoxy) is 2. The molecule has 6 heteroatoms. The van der Waals surface area contributed by atoms with E-state index in [-0.39, 0.29) is 0 Å². The summed E-state index contributed by atoms with van der Waals surface area (Å²) in [5.41, 5.74) is 13.3. The van der Waals surface area contributed by atoms with E-state index >= 15 is 0 Å². The Morgan fingerprint density at radius 2 is 0.877 bits per heavy atom. The van der Waals surface area contributed by atoms with Crippen molar-refractivity contribution in [1.82, 2.24) is 15.0 Å². The van der Waals surface area contributed by atoms with Gasteiger partial charge >= 0.3 is 0 Å². The van der Waals surface area contributed by atoms with E-state index in [0.29, 0.717) is 46.0 Å². The summed E-state index contributed by atoms with van der Waals surface area (Å²) in [6, 6.07) is 76.6. The predicted octanol–water partition coefficient (Wildman–Crippen LogP) is 14.3. The van der Waals surface area contributed by atoms with Gasteiger partial charge in [0.05, 0.1) is 17.0 Å². The van der Waals surface area contributed by atoms with Crippen LogP contribution >= 0.6 is 0 Å². The average Bonchev–Trinajstić information content (AvgIpc) is 3.70. The van der Waals surface area contributed by atoms with Crippen LogP contribution in [0.1, 0.15) is 27.8 Å². The van der Waals surface area contributed by atoms with Crippen LogP contribution in [0, 0.1) is 11.3 Å². The van der Waals surface area contributed by atoms with Crippen molar-refractivity contribution in [2.24, 2.45) is 0 Å². The highest BCUT2D eigenvalue weighted by Crippen LogP contribution is 2.62. The second kappa shape index (κ2) is 15.5. The second-order valence-corrected chi connectivity index (χ2v) is 16.2. The van der Waals surface area contributed by atoms with Crippen molar-refractivity contribution in [3.63, 3.8) is 0 Å². The summed E-state index contributed by atoms with van der Waals surface area (Å²) < 4.78 is 13.9. The highest BCUT2D eigenvalue weighted by Gasteiger charge is 2.48. The highest BCUT2D eigenvalue weighted by molar-refractivity contribution is 5.92. The van der Waals surface area contributed by atoms with Gasteiger partial charge in [0, 0.05) is 27.8 Å². The summed E-state index contributed by atoms with van der Waals surface area (Å²) in [6.45, 7) is 0. The number of nitrogens with zero attached hydrogens (tertiary/aromatic N) is 4. The minimum Gasteiger partial charge on any atom is -0.449 e. The van der Waals surface area contributed by atoms with Gasteiger partial charge in [0.1, 0.15) is 0 Å². The monoisotopic (exact) mass is 832 g/mol. The summed E-state index contributed by atoms with van der Waals surface area (Å²) in [4.78, 5) is 15.0. The largest absolute Gasteiger partial charge is 0.449 e. The summed E-state index contributed by atoms with van der Waals surface area (Å²) >= 11 is 0. The maximum absolute atomic E-state index is 9.53. The van der Waals surface area contributed by atoms with Gasteiger partial charge in [-0.3, -0.25) is 0 Å². The Morgan fingerprint density at radius 3 is 1.58 bits per heavy atom. The molecule has 1 aliphatic heterocycles. The summed E-state index contributed by atoms with van der Waals surface area (Å²) in [5, 5.41) is 9.53. The van der Waals surface area contributed by atoms with E-state index in [0.717, 1.165) is 55.6 Å². The van der Waals surface area contributed by atoms with Gasteiger partial charge in [-0.15, -0.1) is 0 Å². The van der Waals surface area contributed by atoms with E-state index in [1.54, 1.807) is 6.07 Å². The van der Waals surface area contributed by atoms with Crippen LogP contribution in [0.25, 0.3) is 67.5 Å². The fraction of sp³-hybridized carbons (Fsp3) is 0.0169. The lowest BCUT2D eigenvalue weighted by atomic mass is 9.68. The van der Waals surface area contributed by atoms with Crippen molar-refractivity contribution in [2.75, 3.05) is 0 Å². The lowest BCUT2D eigenvalue weighted by molar-refractivity contribution is 0.361. The molecule has 2 aliphatic rings. The van der Waals surface area contributed by atoms with Crippen LogP contribution in [0.3, 0.4) is 0 Å². The van der Waals surface area contributed by atoms with Crippen molar-refractivity contribution >= 4 is 0 Å². The van der Waals surface area contributed by atoms with Crippen molar-refractivity contribution < 1.29 is 9.47 Å². The lowest BCUT2D eigenvalue weighted by Crippen LogP contribution is -2.28. The number of aromatic nitrogens is 3. The molecular weight excluding hydrogens is 797 g/mol. The first-order valence-corrected chi connectivity index (χ1v) is 21.6. The van der Waals surface area contributed by atoms with Crippen LogP contribution < -0.4 is 9.47 Å². The Labute approximate surface area is 376 Å². The SMILES string of the molecule is N#Cc1cccc(-c2cccc(-c3nc(-c4ccccc4)nc(-c4ccc(-c5cccc6c5Oc5ccc7c(c5O6)-c5ccccc5C7(c5ccccc5)c5ccccc5)cc4)n3)c2)c1. The molecule has 0 N–H and O–H groups in total. The quantitative estimate of drug-likeness (QED) is 0.159. The minimum atomic E-state index is -0.548. The van der Waals surface area contributed by atoms with Gasteiger partial charge in [0.2, 0.25) is 0 Å². The fourth-order valence-corrected chi connectivity index (χ4v) is 9.57. The van der Waals surface area contributed by atoms with E-state index in [4.69, 9.17) is 24.4 Å². The lowest BCUT2D eigenvalue weighted by Gasteiger charge is -2.34. The molecule has 9 aromatic carbocycles. The highest BCUT2D eigenvalue weighted by atomic mass is 16.6. The number of para-hydroxylation sites is 1. The van der Waals surface area contributed by atoms with Crippen LogP contribution in [-0.2, 0) is 5.41 Å². The zero-order valence-corrected chi connectivity index (χ0v) is 34.9. The number of hydrogen-bond acceptors (Lipinski definition) is 6. The molecule has 0 atom stereocenters. The maximum atomic E-state index is 9.53. The van der Waals surface area contributed by atoms with Crippen molar-refractivity contribution in [3.05, 3.63) is 246 Å². The Bertz CT molecular complexity index is 3450. The van der Waals surface area contributed by atoms with Gasteiger partial charge in [-0.05, 0) is 74.8 Å². The molecule has 0 fully saturated rings. The Kier molecular flexibility index (Phi) is 8.99. The number of fused-ring (bicyclic) bond motifs is 6. The van der Waals surface area contributed by atoms with E-state index in [9.17, 15) is 5.26 Å². The zero-order chi connectivity index (χ0) is 43.3. The number of rotatable bonds is 7. The third-order valence-corrected chi connectivity index (χ3v) is 12.5. The van der Waals surface area contributed by atoms with Crippen LogP contribution in [0.2, 0.25) is 0 Å². The molecule has 0 amide bonds. The van der Waals surface area contributed by atoms with E-state index in [1.807, 2.05) is 91.0 Å². The average molecular weight is 833 g/mol. The van der Waals surface area contributed by atoms with Crippen LogP contribution in [0.15, 0.2) is 218 Å². The Morgan fingerprint density at radius 1 is 0.369 bits per heavy atom. The molecule has 0 bridgehead atoms. The molecule has 0 unspecified atom stereocenters. The van der Waals surface area contributed by atoms with E-state index in [1.165, 1.54) is 16.7 Å². The molecule has 10 aromatic rings. The van der Waals surface area contributed by atoms with Gasteiger partial charge in [0.25, 0.3) is 0 Å². The van der Waals surface area contributed by atoms with Gasteiger partial charge in [-0.1, -0.05) is 188 Å². The van der Waals surface area contributed by atoms with Crippen LogP contribution in [0.4, 0.5) is 0 Å². The first-order valence-electron chi connectivity index (χ1n) is 21.6. The smallest absolute Gasteiger partial charge is 0.178 e.